The Morgan fingerprint density at radius 2 is 1.65 bits per heavy atom. The highest BCUT2D eigenvalue weighted by molar-refractivity contribution is 7.93. The maximum atomic E-state index is 15.2. The second-order valence-electron chi connectivity index (χ2n) is 9.08. The van der Waals surface area contributed by atoms with Crippen molar-refractivity contribution in [3.63, 3.8) is 0 Å². The fourth-order valence-electron chi connectivity index (χ4n) is 4.48. The van der Waals surface area contributed by atoms with Crippen molar-refractivity contribution in [2.75, 3.05) is 25.6 Å². The molecule has 0 N–H and O–H groups in total. The number of alkyl halides is 3. The number of rotatable bonds is 9. The zero-order valence-corrected chi connectivity index (χ0v) is 24.5. The highest BCUT2D eigenvalue weighted by atomic mass is 32.2. The summed E-state index contributed by atoms with van der Waals surface area (Å²) in [4.78, 5) is 8.06. The number of ether oxygens (including phenoxy) is 3. The van der Waals surface area contributed by atoms with E-state index in [1.54, 1.807) is 23.6 Å². The number of nitrogens with zero attached hydrogens (tertiary/aromatic N) is 3. The van der Waals surface area contributed by atoms with E-state index in [1.165, 1.54) is 45.7 Å². The molecule has 5 rings (SSSR count). The van der Waals surface area contributed by atoms with Crippen molar-refractivity contribution >= 4 is 37.3 Å². The number of hydrogen-bond donors (Lipinski definition) is 0. The molecule has 5 aromatic rings. The summed E-state index contributed by atoms with van der Waals surface area (Å²) in [6.07, 6.45) is -2.26. The molecule has 0 radical (unpaired) electrons. The Morgan fingerprint density at radius 3 is 2.30 bits per heavy atom. The molecular formula is C29H23F4N3O5S2. The molecule has 0 atom stereocenters. The maximum Gasteiger partial charge on any atom is 0.416 e. The van der Waals surface area contributed by atoms with Crippen molar-refractivity contribution in [1.82, 2.24) is 9.97 Å². The number of methoxy groups -OCH3 is 3. The molecule has 0 aliphatic carbocycles. The highest BCUT2D eigenvalue weighted by Gasteiger charge is 2.32. The number of halogens is 4. The fraction of sp³-hybridized carbons (Fsp3) is 0.172. The van der Waals surface area contributed by atoms with Crippen LogP contribution in [0.4, 0.5) is 22.7 Å². The second-order valence-corrected chi connectivity index (χ2v) is 11.8. The third-order valence-corrected chi connectivity index (χ3v) is 9.27. The van der Waals surface area contributed by atoms with E-state index in [1.807, 2.05) is 0 Å². The molecule has 0 unspecified atom stereocenters. The van der Waals surface area contributed by atoms with Crippen molar-refractivity contribution in [3.05, 3.63) is 89.3 Å². The van der Waals surface area contributed by atoms with E-state index < -0.39 is 27.6 Å². The molecule has 0 saturated carbocycles. The Morgan fingerprint density at radius 1 is 0.884 bits per heavy atom. The zero-order valence-electron chi connectivity index (χ0n) is 22.8. The van der Waals surface area contributed by atoms with Gasteiger partial charge in [0.15, 0.2) is 5.13 Å². The van der Waals surface area contributed by atoms with Gasteiger partial charge in [-0.15, -0.1) is 11.3 Å². The standard InChI is InChI=1S/C29H23F4N3O5S2/c1-39-19-6-4-17(25(13-19)40-2)16-36(28-34-10-11-42-28)43(37,38)20-7-9-21-23(14-20)24(30)15-35-27(21)22-8-5-18(29(31,32)33)12-26(22)41-3/h4-15H,16H2,1-3H3. The molecule has 8 nitrogen and oxygen atoms in total. The smallest absolute Gasteiger partial charge is 0.416 e. The van der Waals surface area contributed by atoms with Crippen LogP contribution in [0.5, 0.6) is 17.2 Å². The van der Waals surface area contributed by atoms with Crippen LogP contribution in [-0.2, 0) is 22.7 Å². The van der Waals surface area contributed by atoms with Gasteiger partial charge in [0.25, 0.3) is 10.0 Å². The number of sulfonamides is 1. The van der Waals surface area contributed by atoms with E-state index in [2.05, 4.69) is 9.97 Å². The predicted octanol–water partition coefficient (Wildman–Crippen LogP) is 6.94. The number of thiazole rings is 1. The zero-order chi connectivity index (χ0) is 30.9. The van der Waals surface area contributed by atoms with Gasteiger partial charge in [0.05, 0.1) is 50.2 Å². The monoisotopic (exact) mass is 633 g/mol. The van der Waals surface area contributed by atoms with Gasteiger partial charge in [0.2, 0.25) is 0 Å². The fourth-order valence-corrected chi connectivity index (χ4v) is 6.78. The molecule has 2 aromatic heterocycles. The van der Waals surface area contributed by atoms with Crippen LogP contribution in [0.2, 0.25) is 0 Å². The van der Waals surface area contributed by atoms with Crippen LogP contribution in [-0.4, -0.2) is 39.7 Å². The Labute approximate surface area is 248 Å². The number of benzene rings is 3. The van der Waals surface area contributed by atoms with Gasteiger partial charge in [-0.1, -0.05) is 6.07 Å². The van der Waals surface area contributed by atoms with E-state index in [-0.39, 0.29) is 44.4 Å². The van der Waals surface area contributed by atoms with Gasteiger partial charge >= 0.3 is 6.18 Å². The lowest BCUT2D eigenvalue weighted by molar-refractivity contribution is -0.137. The SMILES string of the molecule is COc1ccc(CN(c2nccs2)S(=O)(=O)c2ccc3c(-c4ccc(C(F)(F)F)cc4OC)ncc(F)c3c2)c(OC)c1. The summed E-state index contributed by atoms with van der Waals surface area (Å²) in [5, 5.41) is 1.87. The summed E-state index contributed by atoms with van der Waals surface area (Å²) >= 11 is 1.10. The molecule has 0 aliphatic heterocycles. The van der Waals surface area contributed by atoms with Crippen molar-refractivity contribution in [3.8, 4) is 28.5 Å². The summed E-state index contributed by atoms with van der Waals surface area (Å²) < 4.78 is 100. The van der Waals surface area contributed by atoms with Crippen LogP contribution < -0.4 is 18.5 Å². The number of anilines is 1. The summed E-state index contributed by atoms with van der Waals surface area (Å²) in [7, 11) is -0.174. The topological polar surface area (TPSA) is 90.9 Å². The Bertz CT molecular complexity index is 1900. The third kappa shape index (κ3) is 5.79. The molecular weight excluding hydrogens is 610 g/mol. The van der Waals surface area contributed by atoms with E-state index >= 15 is 4.39 Å². The van der Waals surface area contributed by atoms with Crippen LogP contribution in [0.25, 0.3) is 22.0 Å². The largest absolute Gasteiger partial charge is 0.497 e. The minimum absolute atomic E-state index is 0.103. The van der Waals surface area contributed by atoms with E-state index in [4.69, 9.17) is 14.2 Å². The first-order chi connectivity index (χ1) is 20.5. The molecule has 0 spiro atoms. The predicted molar refractivity (Wildman–Crippen MR) is 154 cm³/mol. The Kier molecular flexibility index (Phi) is 8.16. The summed E-state index contributed by atoms with van der Waals surface area (Å²) in [5.41, 5.74) is -0.114. The quantitative estimate of drug-likeness (QED) is 0.163. The molecule has 14 heteroatoms. The maximum absolute atomic E-state index is 15.2. The van der Waals surface area contributed by atoms with Crippen molar-refractivity contribution in [2.24, 2.45) is 0 Å². The lowest BCUT2D eigenvalue weighted by atomic mass is 10.0. The average molecular weight is 634 g/mol. The second kappa shape index (κ2) is 11.7. The number of hydrogen-bond acceptors (Lipinski definition) is 8. The van der Waals surface area contributed by atoms with Crippen LogP contribution in [0.1, 0.15) is 11.1 Å². The average Bonchev–Trinajstić information content (AvgIpc) is 3.53. The number of pyridine rings is 1. The molecule has 0 amide bonds. The van der Waals surface area contributed by atoms with Gasteiger partial charge in [-0.25, -0.2) is 22.1 Å². The Balaban J connectivity index is 1.61. The molecule has 43 heavy (non-hydrogen) atoms. The van der Waals surface area contributed by atoms with Gasteiger partial charge in [0.1, 0.15) is 23.1 Å². The number of fused-ring (bicyclic) bond motifs is 1. The molecule has 0 aliphatic rings. The van der Waals surface area contributed by atoms with Gasteiger partial charge in [-0.3, -0.25) is 4.98 Å². The van der Waals surface area contributed by atoms with Gasteiger partial charge in [-0.05, 0) is 42.5 Å². The minimum atomic E-state index is -4.60. The lowest BCUT2D eigenvalue weighted by Crippen LogP contribution is -2.30. The summed E-state index contributed by atoms with van der Waals surface area (Å²) in [6, 6.07) is 11.6. The van der Waals surface area contributed by atoms with Gasteiger partial charge in [-0.2, -0.15) is 13.2 Å². The normalized spacial score (nSPS) is 11.9. The van der Waals surface area contributed by atoms with Crippen LogP contribution in [0.15, 0.2) is 77.3 Å². The van der Waals surface area contributed by atoms with E-state index in [0.717, 1.165) is 40.0 Å². The van der Waals surface area contributed by atoms with Crippen LogP contribution >= 0.6 is 11.3 Å². The Hall–Kier alpha value is -4.43. The van der Waals surface area contributed by atoms with Gasteiger partial charge < -0.3 is 14.2 Å². The van der Waals surface area contributed by atoms with Crippen LogP contribution in [0.3, 0.4) is 0 Å². The molecule has 0 fully saturated rings. The van der Waals surface area contributed by atoms with Crippen molar-refractivity contribution in [2.45, 2.75) is 17.6 Å². The molecule has 0 saturated heterocycles. The van der Waals surface area contributed by atoms with Crippen LogP contribution in [0, 0.1) is 5.82 Å². The lowest BCUT2D eigenvalue weighted by Gasteiger charge is -2.23. The summed E-state index contributed by atoms with van der Waals surface area (Å²) in [6.45, 7) is -0.159. The van der Waals surface area contributed by atoms with E-state index in [9.17, 15) is 21.6 Å². The first-order valence-corrected chi connectivity index (χ1v) is 14.8. The minimum Gasteiger partial charge on any atom is -0.497 e. The third-order valence-electron chi connectivity index (χ3n) is 6.62. The summed E-state index contributed by atoms with van der Waals surface area (Å²) in [5.74, 6) is -0.0418. The molecule has 0 bridgehead atoms. The van der Waals surface area contributed by atoms with Crippen molar-refractivity contribution < 1.29 is 40.2 Å². The molecule has 2 heterocycles. The van der Waals surface area contributed by atoms with E-state index in [0.29, 0.717) is 17.1 Å². The first-order valence-electron chi connectivity index (χ1n) is 12.4. The molecule has 224 valence electrons. The number of aromatic nitrogens is 2. The molecule has 3 aromatic carbocycles. The van der Waals surface area contributed by atoms with Gasteiger partial charge in [0, 0.05) is 39.5 Å². The first kappa shape index (κ1) is 30.0. The highest BCUT2D eigenvalue weighted by Crippen LogP contribution is 2.40. The van der Waals surface area contributed by atoms with Crippen molar-refractivity contribution in [1.29, 1.82) is 0 Å².